The molecule has 1 atom stereocenters. The Bertz CT molecular complexity index is 309. The summed E-state index contributed by atoms with van der Waals surface area (Å²) in [4.78, 5) is 4.37. The van der Waals surface area contributed by atoms with Gasteiger partial charge in [0.05, 0.1) is 0 Å². The molecular weight excluding hydrogens is 214 g/mol. The monoisotopic (exact) mass is 239 g/mol. The standard InChI is InChI=1S/C13H25N3O/c1-5-7-14-11(8-10(3)4)9-13-15-12(6-2)16-17-13/h10-11,14H,5-9H2,1-4H3. The largest absolute Gasteiger partial charge is 0.339 e. The van der Waals surface area contributed by atoms with E-state index in [4.69, 9.17) is 4.52 Å². The van der Waals surface area contributed by atoms with E-state index in [2.05, 4.69) is 36.2 Å². The highest BCUT2D eigenvalue weighted by molar-refractivity contribution is 4.89. The topological polar surface area (TPSA) is 51.0 Å². The molecule has 1 aromatic heterocycles. The van der Waals surface area contributed by atoms with Crippen molar-refractivity contribution in [1.82, 2.24) is 15.5 Å². The molecule has 1 unspecified atom stereocenters. The van der Waals surface area contributed by atoms with Gasteiger partial charge in [0.25, 0.3) is 0 Å². The van der Waals surface area contributed by atoms with Gasteiger partial charge in [0.1, 0.15) is 0 Å². The molecule has 4 nitrogen and oxygen atoms in total. The molecule has 0 saturated heterocycles. The van der Waals surface area contributed by atoms with Crippen LogP contribution in [0.1, 0.15) is 52.3 Å². The summed E-state index contributed by atoms with van der Waals surface area (Å²) in [5.41, 5.74) is 0. The van der Waals surface area contributed by atoms with Gasteiger partial charge < -0.3 is 9.84 Å². The van der Waals surface area contributed by atoms with Gasteiger partial charge in [0.2, 0.25) is 5.89 Å². The Hall–Kier alpha value is -0.900. The Labute approximate surface area is 104 Å². The Morgan fingerprint density at radius 2 is 2.06 bits per heavy atom. The molecular formula is C13H25N3O. The zero-order chi connectivity index (χ0) is 12.7. The predicted octanol–water partition coefficient (Wildman–Crippen LogP) is 2.59. The molecule has 4 heteroatoms. The van der Waals surface area contributed by atoms with Gasteiger partial charge in [-0.25, -0.2) is 0 Å². The Morgan fingerprint density at radius 3 is 2.59 bits per heavy atom. The van der Waals surface area contributed by atoms with Crippen molar-refractivity contribution in [3.63, 3.8) is 0 Å². The molecule has 0 aromatic carbocycles. The summed E-state index contributed by atoms with van der Waals surface area (Å²) in [6.07, 6.45) is 3.97. The van der Waals surface area contributed by atoms with E-state index in [-0.39, 0.29) is 0 Å². The third-order valence-corrected chi connectivity index (χ3v) is 2.69. The molecule has 0 amide bonds. The maximum absolute atomic E-state index is 5.25. The molecule has 98 valence electrons. The first-order valence-corrected chi connectivity index (χ1v) is 6.70. The molecule has 0 aliphatic heterocycles. The molecule has 17 heavy (non-hydrogen) atoms. The molecule has 0 bridgehead atoms. The van der Waals surface area contributed by atoms with Crippen molar-refractivity contribution < 1.29 is 4.52 Å². The van der Waals surface area contributed by atoms with Crippen molar-refractivity contribution >= 4 is 0 Å². The molecule has 0 fully saturated rings. The number of nitrogens with one attached hydrogen (secondary N) is 1. The number of hydrogen-bond acceptors (Lipinski definition) is 4. The minimum Gasteiger partial charge on any atom is -0.339 e. The van der Waals surface area contributed by atoms with Gasteiger partial charge in [-0.3, -0.25) is 0 Å². The van der Waals surface area contributed by atoms with Crippen molar-refractivity contribution in [2.75, 3.05) is 6.54 Å². The van der Waals surface area contributed by atoms with Crippen molar-refractivity contribution in [2.24, 2.45) is 5.92 Å². The Kier molecular flexibility index (Phi) is 6.19. The highest BCUT2D eigenvalue weighted by atomic mass is 16.5. The summed E-state index contributed by atoms with van der Waals surface area (Å²) in [6, 6.07) is 0.445. The van der Waals surface area contributed by atoms with Gasteiger partial charge in [-0.2, -0.15) is 4.98 Å². The van der Waals surface area contributed by atoms with E-state index < -0.39 is 0 Å². The van der Waals surface area contributed by atoms with Gasteiger partial charge >= 0.3 is 0 Å². The SMILES string of the molecule is CCCNC(Cc1nc(CC)no1)CC(C)C. The molecule has 0 saturated carbocycles. The van der Waals surface area contributed by atoms with Gasteiger partial charge in [-0.15, -0.1) is 0 Å². The molecule has 0 aliphatic carbocycles. The van der Waals surface area contributed by atoms with Crippen LogP contribution in [-0.4, -0.2) is 22.7 Å². The lowest BCUT2D eigenvalue weighted by atomic mass is 10.0. The summed E-state index contributed by atoms with van der Waals surface area (Å²) in [7, 11) is 0. The van der Waals surface area contributed by atoms with Gasteiger partial charge in [-0.05, 0) is 25.3 Å². The average molecular weight is 239 g/mol. The quantitative estimate of drug-likeness (QED) is 0.757. The van der Waals surface area contributed by atoms with Crippen LogP contribution in [0.5, 0.6) is 0 Å². The summed E-state index contributed by atoms with van der Waals surface area (Å²) < 4.78 is 5.25. The van der Waals surface area contributed by atoms with E-state index in [1.165, 1.54) is 0 Å². The fourth-order valence-electron chi connectivity index (χ4n) is 1.88. The summed E-state index contributed by atoms with van der Waals surface area (Å²) in [6.45, 7) is 9.75. The number of nitrogens with zero attached hydrogens (tertiary/aromatic N) is 2. The minimum absolute atomic E-state index is 0.445. The van der Waals surface area contributed by atoms with E-state index >= 15 is 0 Å². The highest BCUT2D eigenvalue weighted by Gasteiger charge is 2.15. The van der Waals surface area contributed by atoms with E-state index in [0.29, 0.717) is 12.0 Å². The molecule has 1 heterocycles. The first-order valence-electron chi connectivity index (χ1n) is 6.70. The van der Waals surface area contributed by atoms with E-state index in [1.807, 2.05) is 6.92 Å². The lowest BCUT2D eigenvalue weighted by Gasteiger charge is -2.18. The van der Waals surface area contributed by atoms with Crippen molar-refractivity contribution in [3.8, 4) is 0 Å². The first kappa shape index (κ1) is 14.2. The second kappa shape index (κ2) is 7.43. The third kappa shape index (κ3) is 5.31. The lowest BCUT2D eigenvalue weighted by molar-refractivity contribution is 0.335. The maximum atomic E-state index is 5.25. The Balaban J connectivity index is 2.51. The molecule has 1 rings (SSSR count). The summed E-state index contributed by atoms with van der Waals surface area (Å²) in [5, 5.41) is 7.48. The number of aromatic nitrogens is 2. The lowest BCUT2D eigenvalue weighted by Crippen LogP contribution is -2.33. The second-order valence-corrected chi connectivity index (χ2v) is 4.94. The average Bonchev–Trinajstić information content (AvgIpc) is 2.73. The van der Waals surface area contributed by atoms with Crippen molar-refractivity contribution in [3.05, 3.63) is 11.7 Å². The van der Waals surface area contributed by atoms with Crippen LogP contribution in [0, 0.1) is 5.92 Å². The molecule has 1 N–H and O–H groups in total. The smallest absolute Gasteiger partial charge is 0.228 e. The second-order valence-electron chi connectivity index (χ2n) is 4.94. The van der Waals surface area contributed by atoms with Crippen molar-refractivity contribution in [2.45, 2.75) is 59.4 Å². The molecule has 1 aromatic rings. The van der Waals surface area contributed by atoms with Gasteiger partial charge in [0.15, 0.2) is 5.82 Å². The fourth-order valence-corrected chi connectivity index (χ4v) is 1.88. The number of hydrogen-bond donors (Lipinski definition) is 1. The predicted molar refractivity (Wildman–Crippen MR) is 68.9 cm³/mol. The van der Waals surface area contributed by atoms with Crippen molar-refractivity contribution in [1.29, 1.82) is 0 Å². The van der Waals surface area contributed by atoms with Crippen LogP contribution < -0.4 is 5.32 Å². The Morgan fingerprint density at radius 1 is 1.29 bits per heavy atom. The minimum atomic E-state index is 0.445. The van der Waals surface area contributed by atoms with E-state index in [0.717, 1.165) is 43.9 Å². The van der Waals surface area contributed by atoms with Gasteiger partial charge in [0, 0.05) is 18.9 Å². The van der Waals surface area contributed by atoms with Crippen LogP contribution in [0.4, 0.5) is 0 Å². The summed E-state index contributed by atoms with van der Waals surface area (Å²) in [5.74, 6) is 2.24. The van der Waals surface area contributed by atoms with Crippen LogP contribution in [0.3, 0.4) is 0 Å². The van der Waals surface area contributed by atoms with Gasteiger partial charge in [-0.1, -0.05) is 32.9 Å². The maximum Gasteiger partial charge on any atom is 0.228 e. The summed E-state index contributed by atoms with van der Waals surface area (Å²) >= 11 is 0. The van der Waals surface area contributed by atoms with Crippen LogP contribution in [-0.2, 0) is 12.8 Å². The third-order valence-electron chi connectivity index (χ3n) is 2.69. The zero-order valence-electron chi connectivity index (χ0n) is 11.5. The highest BCUT2D eigenvalue weighted by Crippen LogP contribution is 2.10. The normalized spacial score (nSPS) is 13.2. The van der Waals surface area contributed by atoms with Crippen LogP contribution in [0.25, 0.3) is 0 Å². The van der Waals surface area contributed by atoms with Crippen LogP contribution >= 0.6 is 0 Å². The van der Waals surface area contributed by atoms with E-state index in [1.54, 1.807) is 0 Å². The number of aryl methyl sites for hydroxylation is 1. The first-order chi connectivity index (χ1) is 8.15. The molecule has 0 radical (unpaired) electrons. The van der Waals surface area contributed by atoms with Crippen LogP contribution in [0.15, 0.2) is 4.52 Å². The fraction of sp³-hybridized carbons (Fsp3) is 0.846. The number of rotatable bonds is 8. The van der Waals surface area contributed by atoms with Crippen LogP contribution in [0.2, 0.25) is 0 Å². The molecule has 0 aliphatic rings. The molecule has 0 spiro atoms. The van der Waals surface area contributed by atoms with E-state index in [9.17, 15) is 0 Å². The zero-order valence-corrected chi connectivity index (χ0v) is 11.5.